The van der Waals surface area contributed by atoms with E-state index < -0.39 is 18.4 Å². The second-order valence-electron chi connectivity index (χ2n) is 5.58. The molecule has 1 N–H and O–H groups in total. The number of nitrogens with zero attached hydrogens (tertiary/aromatic N) is 1. The van der Waals surface area contributed by atoms with Gasteiger partial charge in [-0.2, -0.15) is 0 Å². The maximum atomic E-state index is 13.8. The fraction of sp³-hybridized carbons (Fsp3) is 0.105. The van der Waals surface area contributed by atoms with Crippen LogP contribution in [0.3, 0.4) is 0 Å². The zero-order valence-corrected chi connectivity index (χ0v) is 15.6. The molecule has 2 aromatic rings. The molecule has 0 spiro atoms. The SMILES string of the molecule is O=C(O)CN1C(=O)/C(=C\c2ccccc2OCc2ccccc2F)SC1=S. The third-order valence-corrected chi connectivity index (χ3v) is 5.09. The highest BCUT2D eigenvalue weighted by Gasteiger charge is 2.33. The van der Waals surface area contributed by atoms with E-state index in [4.69, 9.17) is 22.1 Å². The number of para-hydroxylation sites is 1. The summed E-state index contributed by atoms with van der Waals surface area (Å²) in [6, 6.07) is 13.3. The first-order valence-corrected chi connectivity index (χ1v) is 9.10. The average Bonchev–Trinajstić information content (AvgIpc) is 2.89. The van der Waals surface area contributed by atoms with Crippen molar-refractivity contribution in [3.63, 3.8) is 0 Å². The second-order valence-corrected chi connectivity index (χ2v) is 7.26. The van der Waals surface area contributed by atoms with Crippen LogP contribution in [0.15, 0.2) is 53.4 Å². The Kier molecular flexibility index (Phi) is 5.88. The molecule has 0 atom stereocenters. The van der Waals surface area contributed by atoms with Crippen molar-refractivity contribution in [1.82, 2.24) is 4.90 Å². The molecule has 1 saturated heterocycles. The van der Waals surface area contributed by atoms with Crippen LogP contribution in [0.2, 0.25) is 0 Å². The van der Waals surface area contributed by atoms with Gasteiger partial charge in [0.1, 0.15) is 29.0 Å². The molecule has 8 heteroatoms. The molecule has 1 amide bonds. The molecule has 0 radical (unpaired) electrons. The zero-order chi connectivity index (χ0) is 19.4. The van der Waals surface area contributed by atoms with Gasteiger partial charge in [0.15, 0.2) is 0 Å². The Morgan fingerprint density at radius 1 is 1.22 bits per heavy atom. The molecular weight excluding hydrogens is 389 g/mol. The minimum Gasteiger partial charge on any atom is -0.488 e. The Balaban J connectivity index is 1.81. The lowest BCUT2D eigenvalue weighted by atomic mass is 10.1. The minimum atomic E-state index is -1.14. The zero-order valence-electron chi connectivity index (χ0n) is 13.9. The van der Waals surface area contributed by atoms with Crippen LogP contribution in [0.1, 0.15) is 11.1 Å². The fourth-order valence-electron chi connectivity index (χ4n) is 2.41. The van der Waals surface area contributed by atoms with E-state index in [1.807, 2.05) is 0 Å². The van der Waals surface area contributed by atoms with Gasteiger partial charge in [-0.3, -0.25) is 14.5 Å². The maximum Gasteiger partial charge on any atom is 0.323 e. The van der Waals surface area contributed by atoms with Gasteiger partial charge in [-0.1, -0.05) is 60.4 Å². The van der Waals surface area contributed by atoms with Crippen LogP contribution in [-0.2, 0) is 16.2 Å². The van der Waals surface area contributed by atoms with Crippen molar-refractivity contribution in [3.05, 3.63) is 70.4 Å². The molecule has 0 saturated carbocycles. The third kappa shape index (κ3) is 4.53. The van der Waals surface area contributed by atoms with Crippen molar-refractivity contribution in [2.24, 2.45) is 0 Å². The monoisotopic (exact) mass is 403 g/mol. The lowest BCUT2D eigenvalue weighted by Gasteiger charge is -2.11. The van der Waals surface area contributed by atoms with E-state index in [1.54, 1.807) is 48.5 Å². The largest absolute Gasteiger partial charge is 0.488 e. The summed E-state index contributed by atoms with van der Waals surface area (Å²) in [6.45, 7) is -0.440. The van der Waals surface area contributed by atoms with E-state index >= 15 is 0 Å². The van der Waals surface area contributed by atoms with Crippen LogP contribution < -0.4 is 4.74 Å². The molecule has 1 heterocycles. The summed E-state index contributed by atoms with van der Waals surface area (Å²) in [5.74, 6) is -1.48. The number of rotatable bonds is 6. The molecule has 2 aromatic carbocycles. The predicted molar refractivity (Wildman–Crippen MR) is 105 cm³/mol. The molecule has 0 aliphatic carbocycles. The fourth-order valence-corrected chi connectivity index (χ4v) is 3.66. The smallest absolute Gasteiger partial charge is 0.323 e. The summed E-state index contributed by atoms with van der Waals surface area (Å²) < 4.78 is 19.7. The Morgan fingerprint density at radius 2 is 1.93 bits per heavy atom. The molecule has 1 aliphatic heterocycles. The summed E-state index contributed by atoms with van der Waals surface area (Å²) in [7, 11) is 0. The van der Waals surface area contributed by atoms with Gasteiger partial charge in [-0.25, -0.2) is 4.39 Å². The summed E-state index contributed by atoms with van der Waals surface area (Å²) in [5.41, 5.74) is 1.03. The van der Waals surface area contributed by atoms with Crippen LogP contribution in [0, 0.1) is 5.82 Å². The number of carbonyl (C=O) groups excluding carboxylic acids is 1. The second kappa shape index (κ2) is 8.32. The first-order valence-electron chi connectivity index (χ1n) is 7.88. The van der Waals surface area contributed by atoms with Gasteiger partial charge in [0, 0.05) is 11.1 Å². The van der Waals surface area contributed by atoms with Crippen molar-refractivity contribution in [2.75, 3.05) is 6.54 Å². The topological polar surface area (TPSA) is 66.8 Å². The molecule has 0 aromatic heterocycles. The van der Waals surface area contributed by atoms with E-state index in [9.17, 15) is 14.0 Å². The van der Waals surface area contributed by atoms with E-state index in [2.05, 4.69) is 0 Å². The molecule has 1 aliphatic rings. The van der Waals surface area contributed by atoms with Crippen molar-refractivity contribution in [2.45, 2.75) is 6.61 Å². The molecule has 27 heavy (non-hydrogen) atoms. The molecular formula is C19H14FNO4S2. The van der Waals surface area contributed by atoms with Gasteiger partial charge in [0.2, 0.25) is 0 Å². The first kappa shape index (κ1) is 19.1. The average molecular weight is 403 g/mol. The number of carboxylic acids is 1. The number of aliphatic carboxylic acids is 1. The molecule has 0 bridgehead atoms. The normalized spacial score (nSPS) is 15.4. The number of benzene rings is 2. The maximum absolute atomic E-state index is 13.8. The standard InChI is InChI=1S/C19H14FNO4S2/c20-14-7-3-1-6-13(14)11-25-15-8-4-2-5-12(15)9-16-18(24)21(10-17(22)23)19(26)27-16/h1-9H,10-11H2,(H,22,23)/b16-9+. The minimum absolute atomic E-state index is 0.0392. The van der Waals surface area contributed by atoms with Gasteiger partial charge in [-0.05, 0) is 18.2 Å². The Labute approximate surface area is 164 Å². The summed E-state index contributed by atoms with van der Waals surface area (Å²) in [4.78, 5) is 24.6. The van der Waals surface area contributed by atoms with Crippen LogP contribution in [0.5, 0.6) is 5.75 Å². The number of carboxylic acid groups (broad SMARTS) is 1. The van der Waals surface area contributed by atoms with E-state index in [0.29, 0.717) is 21.8 Å². The quantitative estimate of drug-likeness (QED) is 0.586. The third-order valence-electron chi connectivity index (χ3n) is 3.71. The molecule has 5 nitrogen and oxygen atoms in total. The Hall–Kier alpha value is -2.71. The van der Waals surface area contributed by atoms with Crippen LogP contribution in [0.4, 0.5) is 4.39 Å². The van der Waals surface area contributed by atoms with Gasteiger partial charge in [0.25, 0.3) is 5.91 Å². The number of amides is 1. The number of ether oxygens (including phenoxy) is 1. The highest BCUT2D eigenvalue weighted by atomic mass is 32.2. The molecule has 138 valence electrons. The Bertz CT molecular complexity index is 945. The van der Waals surface area contributed by atoms with Crippen molar-refractivity contribution in [3.8, 4) is 5.75 Å². The number of hydrogen-bond donors (Lipinski definition) is 1. The molecule has 3 rings (SSSR count). The van der Waals surface area contributed by atoms with Crippen LogP contribution in [-0.4, -0.2) is 32.7 Å². The van der Waals surface area contributed by atoms with Crippen molar-refractivity contribution in [1.29, 1.82) is 0 Å². The number of thioether (sulfide) groups is 1. The van der Waals surface area contributed by atoms with Gasteiger partial charge in [0.05, 0.1) is 4.91 Å². The summed E-state index contributed by atoms with van der Waals surface area (Å²) in [5, 5.41) is 8.90. The number of halogens is 1. The number of thiocarbonyl (C=S) groups is 1. The lowest BCUT2D eigenvalue weighted by molar-refractivity contribution is -0.140. The number of hydrogen-bond acceptors (Lipinski definition) is 5. The van der Waals surface area contributed by atoms with Gasteiger partial charge < -0.3 is 9.84 Å². The van der Waals surface area contributed by atoms with E-state index in [1.165, 1.54) is 6.07 Å². The lowest BCUT2D eigenvalue weighted by Crippen LogP contribution is -2.33. The summed E-state index contributed by atoms with van der Waals surface area (Å²) in [6.07, 6.45) is 1.60. The van der Waals surface area contributed by atoms with Crippen molar-refractivity contribution < 1.29 is 23.8 Å². The Morgan fingerprint density at radius 3 is 2.67 bits per heavy atom. The molecule has 1 fully saturated rings. The predicted octanol–water partition coefficient (Wildman–Crippen LogP) is 3.69. The van der Waals surface area contributed by atoms with E-state index in [-0.39, 0.29) is 16.7 Å². The first-order chi connectivity index (χ1) is 13.0. The van der Waals surface area contributed by atoms with E-state index in [0.717, 1.165) is 16.7 Å². The number of carbonyl (C=O) groups is 2. The van der Waals surface area contributed by atoms with Crippen LogP contribution >= 0.6 is 24.0 Å². The highest BCUT2D eigenvalue weighted by molar-refractivity contribution is 8.26. The van der Waals surface area contributed by atoms with Crippen LogP contribution in [0.25, 0.3) is 6.08 Å². The van der Waals surface area contributed by atoms with Crippen molar-refractivity contribution >= 4 is 46.3 Å². The molecule has 0 unspecified atom stereocenters. The summed E-state index contributed by atoms with van der Waals surface area (Å²) >= 11 is 6.12. The van der Waals surface area contributed by atoms with Gasteiger partial charge in [-0.15, -0.1) is 0 Å². The highest BCUT2D eigenvalue weighted by Crippen LogP contribution is 2.34. The van der Waals surface area contributed by atoms with Gasteiger partial charge >= 0.3 is 5.97 Å².